The number of pyridine rings is 1. The Morgan fingerprint density at radius 2 is 1.96 bits per heavy atom. The summed E-state index contributed by atoms with van der Waals surface area (Å²) in [6, 6.07) is 11.8. The molecule has 1 aromatic carbocycles. The van der Waals surface area contributed by atoms with Crippen LogP contribution in [0.4, 0.5) is 5.82 Å². The molecule has 1 aliphatic carbocycles. The van der Waals surface area contributed by atoms with E-state index in [1.165, 1.54) is 25.7 Å². The second-order valence-corrected chi connectivity index (χ2v) is 7.71. The lowest BCUT2D eigenvalue weighted by molar-refractivity contribution is -0.116. The maximum atomic E-state index is 12.7. The molecule has 1 aliphatic rings. The summed E-state index contributed by atoms with van der Waals surface area (Å²) in [6.45, 7) is 2.04. The molecule has 2 heterocycles. The number of nitrogens with zero attached hydrogens (tertiary/aromatic N) is 2. The van der Waals surface area contributed by atoms with Crippen molar-refractivity contribution < 1.29 is 9.53 Å². The zero-order chi connectivity index (χ0) is 19.5. The summed E-state index contributed by atoms with van der Waals surface area (Å²) in [4.78, 5) is 17.5. The highest BCUT2D eigenvalue weighted by atomic mass is 16.5. The number of ether oxygens (including phenoxy) is 1. The van der Waals surface area contributed by atoms with Gasteiger partial charge in [-0.05, 0) is 61.2 Å². The number of methoxy groups -OCH3 is 1. The number of carbonyl (C=O) groups excluding carboxylic acids is 1. The standard InChI is InChI=1S/C23H27N3O2/c1-16-13-14-26-20(15-16)24-22(18-8-10-19(28-2)11-9-18)23(26)25-21(27)12-7-17-5-3-4-6-17/h8-11,13-15,17H,3-7,12H2,1-2H3,(H,25,27). The van der Waals surface area contributed by atoms with Gasteiger partial charge in [0.2, 0.25) is 5.91 Å². The van der Waals surface area contributed by atoms with E-state index in [0.717, 1.165) is 40.5 Å². The van der Waals surface area contributed by atoms with E-state index in [4.69, 9.17) is 9.72 Å². The number of nitrogens with one attached hydrogen (secondary N) is 1. The van der Waals surface area contributed by atoms with Gasteiger partial charge in [-0.15, -0.1) is 0 Å². The van der Waals surface area contributed by atoms with Crippen molar-refractivity contribution in [3.63, 3.8) is 0 Å². The molecule has 1 N–H and O–H groups in total. The minimum Gasteiger partial charge on any atom is -0.497 e. The molecule has 0 saturated heterocycles. The van der Waals surface area contributed by atoms with Gasteiger partial charge in [0.1, 0.15) is 22.9 Å². The van der Waals surface area contributed by atoms with Gasteiger partial charge in [-0.1, -0.05) is 25.7 Å². The van der Waals surface area contributed by atoms with Crippen LogP contribution in [0.2, 0.25) is 0 Å². The van der Waals surface area contributed by atoms with E-state index in [2.05, 4.69) is 5.32 Å². The van der Waals surface area contributed by atoms with Gasteiger partial charge in [0.25, 0.3) is 0 Å². The van der Waals surface area contributed by atoms with Gasteiger partial charge < -0.3 is 10.1 Å². The molecule has 1 saturated carbocycles. The van der Waals surface area contributed by atoms with Crippen LogP contribution in [0.5, 0.6) is 5.75 Å². The van der Waals surface area contributed by atoms with E-state index in [1.54, 1.807) is 7.11 Å². The Morgan fingerprint density at radius 3 is 2.68 bits per heavy atom. The van der Waals surface area contributed by atoms with Crippen LogP contribution >= 0.6 is 0 Å². The second kappa shape index (κ2) is 8.05. The Bertz CT molecular complexity index is 969. The van der Waals surface area contributed by atoms with Gasteiger partial charge in [0.05, 0.1) is 7.11 Å². The molecular formula is C23H27N3O2. The van der Waals surface area contributed by atoms with Crippen molar-refractivity contribution in [2.45, 2.75) is 45.4 Å². The van der Waals surface area contributed by atoms with E-state index in [9.17, 15) is 4.79 Å². The molecule has 0 unspecified atom stereocenters. The lowest BCUT2D eigenvalue weighted by atomic mass is 10.0. The highest BCUT2D eigenvalue weighted by Gasteiger charge is 2.19. The number of rotatable bonds is 6. The number of imidazole rings is 1. The van der Waals surface area contributed by atoms with Crippen LogP contribution in [-0.2, 0) is 4.79 Å². The monoisotopic (exact) mass is 377 g/mol. The van der Waals surface area contributed by atoms with Crippen molar-refractivity contribution in [2.24, 2.45) is 5.92 Å². The largest absolute Gasteiger partial charge is 0.497 e. The first kappa shape index (κ1) is 18.5. The highest BCUT2D eigenvalue weighted by molar-refractivity contribution is 5.94. The summed E-state index contributed by atoms with van der Waals surface area (Å²) in [7, 11) is 1.65. The van der Waals surface area contributed by atoms with Gasteiger partial charge in [-0.2, -0.15) is 0 Å². The quantitative estimate of drug-likeness (QED) is 0.640. The Labute approximate surface area is 165 Å². The number of fused-ring (bicyclic) bond motifs is 1. The highest BCUT2D eigenvalue weighted by Crippen LogP contribution is 2.32. The maximum absolute atomic E-state index is 12.7. The van der Waals surface area contributed by atoms with Gasteiger partial charge in [0.15, 0.2) is 0 Å². The summed E-state index contributed by atoms with van der Waals surface area (Å²) >= 11 is 0. The fourth-order valence-electron chi connectivity index (χ4n) is 4.04. The number of aromatic nitrogens is 2. The van der Waals surface area contributed by atoms with Crippen LogP contribution < -0.4 is 10.1 Å². The minimum absolute atomic E-state index is 0.0593. The van der Waals surface area contributed by atoms with E-state index in [1.807, 2.05) is 53.9 Å². The number of anilines is 1. The topological polar surface area (TPSA) is 55.6 Å². The summed E-state index contributed by atoms with van der Waals surface area (Å²) in [5, 5.41) is 3.13. The number of benzene rings is 1. The smallest absolute Gasteiger partial charge is 0.225 e. The summed E-state index contributed by atoms with van der Waals surface area (Å²) < 4.78 is 7.22. The summed E-state index contributed by atoms with van der Waals surface area (Å²) in [6.07, 6.45) is 8.64. The molecule has 5 nitrogen and oxygen atoms in total. The Balaban J connectivity index is 1.63. The molecule has 0 spiro atoms. The van der Waals surface area contributed by atoms with Gasteiger partial charge >= 0.3 is 0 Å². The Morgan fingerprint density at radius 1 is 1.21 bits per heavy atom. The third kappa shape index (κ3) is 3.88. The van der Waals surface area contributed by atoms with Crippen molar-refractivity contribution in [1.29, 1.82) is 0 Å². The molecule has 1 fully saturated rings. The number of hydrogen-bond acceptors (Lipinski definition) is 3. The van der Waals surface area contributed by atoms with Crippen molar-refractivity contribution in [3.05, 3.63) is 48.2 Å². The zero-order valence-corrected chi connectivity index (χ0v) is 16.6. The maximum Gasteiger partial charge on any atom is 0.225 e. The van der Waals surface area contributed by atoms with Crippen LogP contribution in [0.15, 0.2) is 42.6 Å². The Kier molecular flexibility index (Phi) is 5.33. The summed E-state index contributed by atoms with van der Waals surface area (Å²) in [5.74, 6) is 2.29. The molecule has 0 aliphatic heterocycles. The lowest BCUT2D eigenvalue weighted by Crippen LogP contribution is -2.14. The van der Waals surface area contributed by atoms with E-state index >= 15 is 0 Å². The van der Waals surface area contributed by atoms with E-state index in [0.29, 0.717) is 12.3 Å². The fourth-order valence-corrected chi connectivity index (χ4v) is 4.04. The molecule has 0 atom stereocenters. The van der Waals surface area contributed by atoms with Crippen LogP contribution in [0.1, 0.15) is 44.1 Å². The van der Waals surface area contributed by atoms with Crippen molar-refractivity contribution in [2.75, 3.05) is 12.4 Å². The van der Waals surface area contributed by atoms with Gasteiger partial charge in [-0.25, -0.2) is 4.98 Å². The number of carbonyl (C=O) groups is 1. The fraction of sp³-hybridized carbons (Fsp3) is 0.391. The molecule has 0 bridgehead atoms. The average Bonchev–Trinajstić information content (AvgIpc) is 3.34. The molecule has 0 radical (unpaired) electrons. The number of hydrogen-bond donors (Lipinski definition) is 1. The van der Waals surface area contributed by atoms with Gasteiger partial charge in [-0.3, -0.25) is 9.20 Å². The van der Waals surface area contributed by atoms with Gasteiger partial charge in [0, 0.05) is 18.2 Å². The second-order valence-electron chi connectivity index (χ2n) is 7.71. The molecule has 1 amide bonds. The van der Waals surface area contributed by atoms with E-state index in [-0.39, 0.29) is 5.91 Å². The molecular weight excluding hydrogens is 350 g/mol. The first-order valence-electron chi connectivity index (χ1n) is 10.1. The van der Waals surface area contributed by atoms with Crippen molar-refractivity contribution >= 4 is 17.4 Å². The van der Waals surface area contributed by atoms with Crippen LogP contribution in [0, 0.1) is 12.8 Å². The van der Waals surface area contributed by atoms with Crippen LogP contribution in [-0.4, -0.2) is 22.4 Å². The van der Waals surface area contributed by atoms with Crippen molar-refractivity contribution in [1.82, 2.24) is 9.38 Å². The number of amides is 1. The predicted octanol–water partition coefficient (Wildman–Crippen LogP) is 5.23. The third-order valence-electron chi connectivity index (χ3n) is 5.66. The first-order valence-corrected chi connectivity index (χ1v) is 10.1. The molecule has 4 rings (SSSR count). The normalized spacial score (nSPS) is 14.5. The molecule has 28 heavy (non-hydrogen) atoms. The summed E-state index contributed by atoms with van der Waals surface area (Å²) in [5.41, 5.74) is 3.70. The molecule has 2 aromatic heterocycles. The average molecular weight is 377 g/mol. The zero-order valence-electron chi connectivity index (χ0n) is 16.6. The molecule has 3 aromatic rings. The molecule has 5 heteroatoms. The molecule has 146 valence electrons. The lowest BCUT2D eigenvalue weighted by Gasteiger charge is -2.11. The Hall–Kier alpha value is -2.82. The van der Waals surface area contributed by atoms with Crippen LogP contribution in [0.3, 0.4) is 0 Å². The van der Waals surface area contributed by atoms with Crippen molar-refractivity contribution in [3.8, 4) is 17.0 Å². The number of aryl methyl sites for hydroxylation is 1. The third-order valence-corrected chi connectivity index (χ3v) is 5.66. The first-order chi connectivity index (χ1) is 13.6. The SMILES string of the molecule is COc1ccc(-c2nc3cc(C)ccn3c2NC(=O)CCC2CCCC2)cc1. The van der Waals surface area contributed by atoms with E-state index < -0.39 is 0 Å². The minimum atomic E-state index is 0.0593. The van der Waals surface area contributed by atoms with Crippen LogP contribution in [0.25, 0.3) is 16.9 Å². The predicted molar refractivity (Wildman–Crippen MR) is 112 cm³/mol.